The maximum Gasteiger partial charge on any atom is 0.319 e. The average Bonchev–Trinajstić information content (AvgIpc) is 2.90. The van der Waals surface area contributed by atoms with Gasteiger partial charge in [0, 0.05) is 5.56 Å². The van der Waals surface area contributed by atoms with Crippen LogP contribution in [0.15, 0.2) is 10.5 Å². The fourth-order valence-electron chi connectivity index (χ4n) is 3.68. The molecule has 2 aromatic rings. The van der Waals surface area contributed by atoms with E-state index in [4.69, 9.17) is 16.0 Å². The topological polar surface area (TPSA) is 87.4 Å². The van der Waals surface area contributed by atoms with Crippen molar-refractivity contribution < 1.29 is 14.3 Å². The van der Waals surface area contributed by atoms with Gasteiger partial charge in [0.2, 0.25) is 5.89 Å². The first-order chi connectivity index (χ1) is 10.6. The number of amides is 2. The number of benzene rings is 1. The van der Waals surface area contributed by atoms with E-state index < -0.39 is 5.54 Å². The number of hydrogen-bond donors (Lipinski definition) is 3. The zero-order chi connectivity index (χ0) is 15.3. The van der Waals surface area contributed by atoms with Crippen LogP contribution in [0.5, 0.6) is 0 Å². The van der Waals surface area contributed by atoms with Crippen LogP contribution in [0, 0.1) is 0 Å². The van der Waals surface area contributed by atoms with Crippen LogP contribution in [-0.2, 0) is 12.1 Å². The van der Waals surface area contributed by atoms with Gasteiger partial charge < -0.3 is 20.2 Å². The number of halogens is 1. The molecule has 3 N–H and O–H groups in total. The summed E-state index contributed by atoms with van der Waals surface area (Å²) in [7, 11) is 0. The van der Waals surface area contributed by atoms with Crippen LogP contribution in [0.1, 0.15) is 43.6 Å². The summed E-state index contributed by atoms with van der Waals surface area (Å²) < 4.78 is 5.72. The van der Waals surface area contributed by atoms with E-state index in [1.54, 1.807) is 6.07 Å². The van der Waals surface area contributed by atoms with Crippen LogP contribution in [0.2, 0.25) is 5.02 Å². The Morgan fingerprint density at radius 1 is 1.36 bits per heavy atom. The van der Waals surface area contributed by atoms with Crippen molar-refractivity contribution in [3.05, 3.63) is 22.5 Å². The van der Waals surface area contributed by atoms with Gasteiger partial charge in [-0.1, -0.05) is 30.9 Å². The maximum absolute atomic E-state index is 12.1. The van der Waals surface area contributed by atoms with Gasteiger partial charge in [-0.3, -0.25) is 0 Å². The van der Waals surface area contributed by atoms with E-state index in [-0.39, 0.29) is 18.5 Å². The van der Waals surface area contributed by atoms with Gasteiger partial charge >= 0.3 is 6.03 Å². The van der Waals surface area contributed by atoms with Gasteiger partial charge in [0.25, 0.3) is 0 Å². The molecule has 1 aliphatic heterocycles. The fraction of sp³-hybridized carbons (Fsp3) is 0.467. The molecule has 0 radical (unpaired) electrons. The SMILES string of the molecule is O=C1Nc2c(Cl)cc3nc(CO)oc3c2C2(CCCCC2)N1. The summed E-state index contributed by atoms with van der Waals surface area (Å²) in [6.07, 6.45) is 4.92. The first-order valence-corrected chi connectivity index (χ1v) is 7.83. The van der Waals surface area contributed by atoms with E-state index in [2.05, 4.69) is 15.6 Å². The standard InChI is InChI=1S/C15H16ClN3O3/c16-8-6-9-13(22-10(7-20)17-9)11-12(8)18-14(21)19-15(11)4-2-1-3-5-15/h6,20H,1-5,7H2,(H2,18,19,21). The minimum Gasteiger partial charge on any atom is -0.438 e. The summed E-state index contributed by atoms with van der Waals surface area (Å²) in [5.41, 5.74) is 2.20. The van der Waals surface area contributed by atoms with Crippen molar-refractivity contribution in [3.8, 4) is 0 Å². The molecule has 4 rings (SSSR count). The Balaban J connectivity index is 2.03. The van der Waals surface area contributed by atoms with Gasteiger partial charge in [-0.25, -0.2) is 9.78 Å². The molecule has 0 atom stereocenters. The second-order valence-corrected chi connectivity index (χ2v) is 6.35. The van der Waals surface area contributed by atoms with Gasteiger partial charge in [-0.05, 0) is 18.9 Å². The minimum atomic E-state index is -0.467. The van der Waals surface area contributed by atoms with Crippen LogP contribution in [0.3, 0.4) is 0 Å². The van der Waals surface area contributed by atoms with E-state index in [0.717, 1.165) is 37.7 Å². The third-order valence-electron chi connectivity index (χ3n) is 4.59. The smallest absolute Gasteiger partial charge is 0.319 e. The number of carbonyl (C=O) groups is 1. The molecule has 1 aliphatic carbocycles. The molecule has 2 aliphatic rings. The maximum atomic E-state index is 12.1. The average molecular weight is 322 g/mol. The number of carbonyl (C=O) groups excluding carboxylic acids is 1. The monoisotopic (exact) mass is 321 g/mol. The summed E-state index contributed by atoms with van der Waals surface area (Å²) in [5.74, 6) is 0.252. The number of aliphatic hydroxyl groups is 1. The van der Waals surface area contributed by atoms with Crippen molar-refractivity contribution in [2.24, 2.45) is 0 Å². The lowest BCUT2D eigenvalue weighted by atomic mass is 9.74. The summed E-state index contributed by atoms with van der Waals surface area (Å²) >= 11 is 6.35. The number of anilines is 1. The molecule has 1 aromatic heterocycles. The second-order valence-electron chi connectivity index (χ2n) is 5.94. The van der Waals surface area contributed by atoms with E-state index >= 15 is 0 Å². The number of aromatic nitrogens is 1. The van der Waals surface area contributed by atoms with Crippen LogP contribution in [-0.4, -0.2) is 16.1 Å². The summed E-state index contributed by atoms with van der Waals surface area (Å²) in [6, 6.07) is 1.43. The highest BCUT2D eigenvalue weighted by atomic mass is 35.5. The molecule has 2 amide bonds. The summed E-state index contributed by atoms with van der Waals surface area (Å²) in [5, 5.41) is 15.6. The van der Waals surface area contributed by atoms with Gasteiger partial charge in [0.1, 0.15) is 12.1 Å². The third-order valence-corrected chi connectivity index (χ3v) is 4.89. The Kier molecular flexibility index (Phi) is 3.06. The van der Waals surface area contributed by atoms with Crippen LogP contribution < -0.4 is 10.6 Å². The highest BCUT2D eigenvalue weighted by Gasteiger charge is 2.43. The van der Waals surface area contributed by atoms with Crippen LogP contribution in [0.4, 0.5) is 10.5 Å². The fourth-order valence-corrected chi connectivity index (χ4v) is 3.93. The number of fused-ring (bicyclic) bond motifs is 4. The highest BCUT2D eigenvalue weighted by molar-refractivity contribution is 6.35. The zero-order valence-corrected chi connectivity index (χ0v) is 12.7. The van der Waals surface area contributed by atoms with Gasteiger partial charge in [-0.2, -0.15) is 0 Å². The molecule has 0 saturated heterocycles. The molecular weight excluding hydrogens is 306 g/mol. The van der Waals surface area contributed by atoms with Gasteiger partial charge in [0.05, 0.1) is 16.2 Å². The van der Waals surface area contributed by atoms with Crippen molar-refractivity contribution in [2.75, 3.05) is 5.32 Å². The van der Waals surface area contributed by atoms with E-state index in [1.165, 1.54) is 0 Å². The predicted octanol–water partition coefficient (Wildman–Crippen LogP) is 3.27. The number of aliphatic hydroxyl groups excluding tert-OH is 1. The van der Waals surface area contributed by atoms with E-state index in [9.17, 15) is 9.90 Å². The Bertz CT molecular complexity index is 765. The molecule has 6 nitrogen and oxygen atoms in total. The van der Waals surface area contributed by atoms with E-state index in [0.29, 0.717) is 21.8 Å². The molecule has 1 spiro atoms. The molecule has 1 aromatic carbocycles. The van der Waals surface area contributed by atoms with E-state index in [1.807, 2.05) is 0 Å². The zero-order valence-electron chi connectivity index (χ0n) is 11.9. The molecule has 1 fully saturated rings. The summed E-state index contributed by atoms with van der Waals surface area (Å²) in [4.78, 5) is 16.3. The predicted molar refractivity (Wildman–Crippen MR) is 81.9 cm³/mol. The number of nitrogens with one attached hydrogen (secondary N) is 2. The number of hydrogen-bond acceptors (Lipinski definition) is 4. The Labute approximate surface area is 131 Å². The van der Waals surface area contributed by atoms with Crippen molar-refractivity contribution >= 4 is 34.4 Å². The van der Waals surface area contributed by atoms with Crippen molar-refractivity contribution in [3.63, 3.8) is 0 Å². The largest absolute Gasteiger partial charge is 0.438 e. The minimum absolute atomic E-state index is 0.238. The quantitative estimate of drug-likeness (QED) is 0.752. The molecular formula is C15H16ClN3O3. The molecule has 116 valence electrons. The molecule has 2 heterocycles. The first kappa shape index (κ1) is 13.8. The van der Waals surface area contributed by atoms with Gasteiger partial charge in [0.15, 0.2) is 5.58 Å². The lowest BCUT2D eigenvalue weighted by molar-refractivity contribution is 0.208. The van der Waals surface area contributed by atoms with Crippen molar-refractivity contribution in [1.82, 2.24) is 10.3 Å². The Hall–Kier alpha value is -1.79. The third kappa shape index (κ3) is 1.90. The molecule has 1 saturated carbocycles. The molecule has 7 heteroatoms. The first-order valence-electron chi connectivity index (χ1n) is 7.45. The summed E-state index contributed by atoms with van der Waals surface area (Å²) in [6.45, 7) is -0.270. The lowest BCUT2D eigenvalue weighted by Crippen LogP contribution is -2.52. The molecule has 22 heavy (non-hydrogen) atoms. The lowest BCUT2D eigenvalue weighted by Gasteiger charge is -2.42. The van der Waals surface area contributed by atoms with Crippen LogP contribution in [0.25, 0.3) is 11.1 Å². The second kappa shape index (κ2) is 4.86. The molecule has 0 bridgehead atoms. The number of nitrogens with zero attached hydrogens (tertiary/aromatic N) is 1. The number of urea groups is 1. The van der Waals surface area contributed by atoms with Crippen molar-refractivity contribution in [2.45, 2.75) is 44.2 Å². The van der Waals surface area contributed by atoms with Gasteiger partial charge in [-0.15, -0.1) is 0 Å². The normalized spacial score (nSPS) is 19.8. The molecule has 0 unspecified atom stereocenters. The Morgan fingerprint density at radius 3 is 2.86 bits per heavy atom. The number of oxazole rings is 1. The van der Waals surface area contributed by atoms with Crippen LogP contribution >= 0.6 is 11.6 Å². The number of rotatable bonds is 1. The van der Waals surface area contributed by atoms with Crippen molar-refractivity contribution in [1.29, 1.82) is 0 Å². The highest BCUT2D eigenvalue weighted by Crippen LogP contribution is 2.48. The Morgan fingerprint density at radius 2 is 2.14 bits per heavy atom.